The molecule has 0 aromatic heterocycles. The van der Waals surface area contributed by atoms with Crippen LogP contribution in [0.5, 0.6) is 0 Å². The van der Waals surface area contributed by atoms with Crippen LogP contribution in [0.3, 0.4) is 0 Å². The summed E-state index contributed by atoms with van der Waals surface area (Å²) in [4.78, 5) is 43.0. The Morgan fingerprint density at radius 1 is 1.09 bits per heavy atom. The first-order valence-corrected chi connectivity index (χ1v) is 16.5. The van der Waals surface area contributed by atoms with Crippen LogP contribution in [0.1, 0.15) is 43.7 Å². The van der Waals surface area contributed by atoms with Crippen molar-refractivity contribution in [2.24, 2.45) is 5.92 Å². The smallest absolute Gasteiger partial charge is 0.273 e. The maximum atomic E-state index is 14.1. The van der Waals surface area contributed by atoms with Crippen molar-refractivity contribution in [3.8, 4) is 0 Å². The topological polar surface area (TPSA) is 128 Å². The molecule has 3 heterocycles. The molecule has 1 fully saturated rings. The molecule has 1 atom stereocenters. The van der Waals surface area contributed by atoms with Crippen LogP contribution in [-0.2, 0) is 29.1 Å². The zero-order valence-electron chi connectivity index (χ0n) is 25.4. The van der Waals surface area contributed by atoms with Crippen molar-refractivity contribution in [1.82, 2.24) is 15.1 Å². The highest BCUT2D eigenvalue weighted by Gasteiger charge is 2.42. The number of halogens is 1. The van der Waals surface area contributed by atoms with E-state index in [-0.39, 0.29) is 17.2 Å². The third kappa shape index (κ3) is 6.23. The average molecular weight is 644 g/mol. The Morgan fingerprint density at radius 2 is 1.80 bits per heavy atom. The van der Waals surface area contributed by atoms with Crippen molar-refractivity contribution in [1.29, 1.82) is 0 Å². The lowest BCUT2D eigenvalue weighted by molar-refractivity contribution is -0.130. The number of allylic oxidation sites excluding steroid dienone is 1. The van der Waals surface area contributed by atoms with Gasteiger partial charge in [-0.1, -0.05) is 23.7 Å². The quantitative estimate of drug-likeness (QED) is 0.448. The normalized spacial score (nSPS) is 19.1. The minimum atomic E-state index is -4.25. The summed E-state index contributed by atoms with van der Waals surface area (Å²) >= 11 is 6.24. The van der Waals surface area contributed by atoms with E-state index in [1.54, 1.807) is 51.1 Å². The van der Waals surface area contributed by atoms with E-state index >= 15 is 0 Å². The predicted molar refractivity (Wildman–Crippen MR) is 167 cm³/mol. The number of piperidine rings is 1. The fraction of sp³-hybridized carbons (Fsp3) is 0.452. The molecule has 11 nitrogen and oxygen atoms in total. The van der Waals surface area contributed by atoms with Gasteiger partial charge in [0.25, 0.3) is 15.9 Å². The van der Waals surface area contributed by atoms with Gasteiger partial charge in [-0.05, 0) is 81.3 Å². The van der Waals surface area contributed by atoms with Crippen LogP contribution in [0, 0.1) is 19.8 Å². The van der Waals surface area contributed by atoms with Gasteiger partial charge in [-0.3, -0.25) is 18.7 Å². The molecule has 0 saturated carbocycles. The van der Waals surface area contributed by atoms with Gasteiger partial charge in [0.05, 0.1) is 22.7 Å². The van der Waals surface area contributed by atoms with Crippen LogP contribution < -0.4 is 14.9 Å². The summed E-state index contributed by atoms with van der Waals surface area (Å²) < 4.78 is 34.8. The third-order valence-corrected chi connectivity index (χ3v) is 10.9. The summed E-state index contributed by atoms with van der Waals surface area (Å²) in [6.07, 6.45) is 1.99. The van der Waals surface area contributed by atoms with Gasteiger partial charge >= 0.3 is 0 Å². The second kappa shape index (κ2) is 12.7. The monoisotopic (exact) mass is 643 g/mol. The number of carbonyl (C=O) groups excluding carboxylic acids is 3. The third-order valence-electron chi connectivity index (χ3n) is 8.53. The maximum Gasteiger partial charge on any atom is 0.273 e. The van der Waals surface area contributed by atoms with Crippen LogP contribution in [0.4, 0.5) is 11.4 Å². The van der Waals surface area contributed by atoms with E-state index in [0.29, 0.717) is 77.7 Å². The number of para-hydroxylation sites is 2. The van der Waals surface area contributed by atoms with Crippen molar-refractivity contribution in [2.45, 2.75) is 57.4 Å². The zero-order chi connectivity index (χ0) is 31.8. The van der Waals surface area contributed by atoms with Crippen molar-refractivity contribution < 1.29 is 27.5 Å². The molecule has 44 heavy (non-hydrogen) atoms. The Labute approximate surface area is 263 Å². The number of carbonyl (C=O) groups is 3. The van der Waals surface area contributed by atoms with Crippen molar-refractivity contribution in [2.75, 3.05) is 43.0 Å². The van der Waals surface area contributed by atoms with Gasteiger partial charge in [0.15, 0.2) is 6.73 Å². The molecule has 3 aliphatic rings. The molecule has 2 aromatic rings. The first-order chi connectivity index (χ1) is 20.9. The molecule has 0 unspecified atom stereocenters. The lowest BCUT2D eigenvalue weighted by Crippen LogP contribution is -2.53. The highest BCUT2D eigenvalue weighted by atomic mass is 35.5. The molecule has 13 heteroatoms. The second-order valence-corrected chi connectivity index (χ2v) is 13.8. The lowest BCUT2D eigenvalue weighted by atomic mass is 9.93. The molecule has 1 saturated heterocycles. The van der Waals surface area contributed by atoms with Crippen LogP contribution in [0.2, 0.25) is 5.02 Å². The number of hydrogen-bond donors (Lipinski definition) is 2. The molecule has 0 spiro atoms. The Balaban J connectivity index is 1.23. The number of ether oxygens (including phenoxy) is 1. The molecule has 3 amide bonds. The standard InChI is InChI=1S/C31H38ClN5O6S/c1-19-16-27(20(2)15-23(19)32)44(41,42)37-25-8-6-5-7-24(25)34-30(39)26(37)17-28(38)33-12-9-22-10-13-36(14-11-22)31(40)29-21(3)43-18-35(29)4/h5-8,15-16,22,26H,9-14,17-18H2,1-4H3,(H,33,38)(H,34,39)/t26-/m1/s1. The van der Waals surface area contributed by atoms with Gasteiger partial charge in [0.2, 0.25) is 11.8 Å². The highest BCUT2D eigenvalue weighted by Crippen LogP contribution is 2.38. The van der Waals surface area contributed by atoms with Gasteiger partial charge in [-0.15, -0.1) is 0 Å². The number of anilines is 2. The summed E-state index contributed by atoms with van der Waals surface area (Å²) in [6, 6.07) is 8.43. The number of sulfonamides is 1. The van der Waals surface area contributed by atoms with Crippen LogP contribution >= 0.6 is 11.6 Å². The molecule has 0 bridgehead atoms. The van der Waals surface area contributed by atoms with Gasteiger partial charge in [0, 0.05) is 31.7 Å². The number of rotatable bonds is 8. The number of nitrogens with one attached hydrogen (secondary N) is 2. The fourth-order valence-corrected chi connectivity index (χ4v) is 8.17. The summed E-state index contributed by atoms with van der Waals surface area (Å²) in [6.45, 7) is 7.17. The summed E-state index contributed by atoms with van der Waals surface area (Å²) in [5.41, 5.74) is 2.27. The summed E-state index contributed by atoms with van der Waals surface area (Å²) in [5, 5.41) is 6.08. The molecule has 2 aromatic carbocycles. The Kier molecular flexibility index (Phi) is 9.12. The van der Waals surface area contributed by atoms with E-state index in [0.717, 1.165) is 17.1 Å². The number of benzene rings is 2. The minimum Gasteiger partial charge on any atom is -0.475 e. The number of likely N-dealkylation sites (tertiary alicyclic amines) is 1. The lowest BCUT2D eigenvalue weighted by Gasteiger charge is -2.37. The fourth-order valence-electron chi connectivity index (χ4n) is 6.02. The molecule has 2 N–H and O–H groups in total. The number of nitrogens with zero attached hydrogens (tertiary/aromatic N) is 3. The zero-order valence-corrected chi connectivity index (χ0v) is 26.9. The Bertz CT molecular complexity index is 1620. The second-order valence-electron chi connectivity index (χ2n) is 11.6. The number of hydrogen-bond acceptors (Lipinski definition) is 7. The highest BCUT2D eigenvalue weighted by molar-refractivity contribution is 7.93. The van der Waals surface area contributed by atoms with Crippen LogP contribution in [0.25, 0.3) is 0 Å². The molecule has 0 radical (unpaired) electrons. The van der Waals surface area contributed by atoms with Crippen molar-refractivity contribution in [3.05, 3.63) is 64.0 Å². The largest absolute Gasteiger partial charge is 0.475 e. The van der Waals surface area contributed by atoms with Gasteiger partial charge in [-0.25, -0.2) is 8.42 Å². The van der Waals surface area contributed by atoms with E-state index in [2.05, 4.69) is 10.6 Å². The van der Waals surface area contributed by atoms with E-state index in [1.807, 2.05) is 16.8 Å². The van der Waals surface area contributed by atoms with E-state index in [9.17, 15) is 22.8 Å². The molecule has 5 rings (SSSR count). The van der Waals surface area contributed by atoms with Gasteiger partial charge in [0.1, 0.15) is 17.5 Å². The first-order valence-electron chi connectivity index (χ1n) is 14.7. The van der Waals surface area contributed by atoms with Crippen molar-refractivity contribution >= 4 is 50.7 Å². The van der Waals surface area contributed by atoms with Crippen molar-refractivity contribution in [3.63, 3.8) is 0 Å². The minimum absolute atomic E-state index is 0.0231. The first kappa shape index (κ1) is 31.6. The van der Waals surface area contributed by atoms with Gasteiger partial charge in [-0.2, -0.15) is 0 Å². The predicted octanol–water partition coefficient (Wildman–Crippen LogP) is 3.76. The molecular weight excluding hydrogens is 606 g/mol. The molecule has 0 aliphatic carbocycles. The molecule has 236 valence electrons. The van der Waals surface area contributed by atoms with E-state index in [4.69, 9.17) is 16.3 Å². The summed E-state index contributed by atoms with van der Waals surface area (Å²) in [7, 11) is -2.41. The molecule has 3 aliphatic heterocycles. The maximum absolute atomic E-state index is 14.1. The number of amides is 3. The summed E-state index contributed by atoms with van der Waals surface area (Å²) in [5.74, 6) is -0.0587. The Morgan fingerprint density at radius 3 is 2.48 bits per heavy atom. The SMILES string of the molecule is CC1=C(C(=O)N2CCC(CCNC(=O)C[C@@H]3C(=O)Nc4ccccc4N3S(=O)(=O)c3cc(C)c(Cl)cc3C)CC2)N(C)CO1. The number of fused-ring (bicyclic) bond motifs is 1. The van der Waals surface area contributed by atoms with Gasteiger partial charge < -0.3 is 25.2 Å². The van der Waals surface area contributed by atoms with E-state index in [1.165, 1.54) is 6.07 Å². The number of aryl methyl sites for hydroxylation is 2. The van der Waals surface area contributed by atoms with Crippen LogP contribution in [-0.4, -0.2) is 75.4 Å². The average Bonchev–Trinajstić information content (AvgIpc) is 3.32. The Hall–Kier alpha value is -3.77. The van der Waals surface area contributed by atoms with Crippen LogP contribution in [0.15, 0.2) is 52.7 Å². The van der Waals surface area contributed by atoms with E-state index < -0.39 is 27.9 Å². The number of likely N-dealkylation sites (N-methyl/N-ethyl adjacent to an activating group) is 1. The molecular formula is C31H38ClN5O6S.